The largest absolute Gasteiger partial charge is 0.363 e. The minimum absolute atomic E-state index is 0.124. The van der Waals surface area contributed by atoms with Gasteiger partial charge in [-0.25, -0.2) is 9.59 Å². The van der Waals surface area contributed by atoms with Crippen LogP contribution in [0.3, 0.4) is 0 Å². The van der Waals surface area contributed by atoms with Gasteiger partial charge in [-0.15, -0.1) is 0 Å². The van der Waals surface area contributed by atoms with Gasteiger partial charge in [0.25, 0.3) is 11.8 Å². The normalized spacial score (nSPS) is 12.6. The zero-order chi connectivity index (χ0) is 18.0. The molecule has 0 spiro atoms. The molecule has 126 valence electrons. The van der Waals surface area contributed by atoms with E-state index >= 15 is 0 Å². The van der Waals surface area contributed by atoms with Crippen LogP contribution in [0, 0.1) is 0 Å². The summed E-state index contributed by atoms with van der Waals surface area (Å²) in [5.41, 5.74) is 0.964. The Labute approximate surface area is 142 Å². The van der Waals surface area contributed by atoms with Crippen molar-refractivity contribution in [2.45, 2.75) is 0 Å². The van der Waals surface area contributed by atoms with Crippen molar-refractivity contribution in [3.63, 3.8) is 0 Å². The van der Waals surface area contributed by atoms with Gasteiger partial charge in [0.2, 0.25) is 0 Å². The van der Waals surface area contributed by atoms with Crippen molar-refractivity contribution in [3.05, 3.63) is 65.2 Å². The molecular formula is C17H13N3O5. The van der Waals surface area contributed by atoms with Gasteiger partial charge in [-0.05, 0) is 36.4 Å². The van der Waals surface area contributed by atoms with Gasteiger partial charge < -0.3 is 15.5 Å². The first-order valence-corrected chi connectivity index (χ1v) is 7.30. The Morgan fingerprint density at radius 3 is 2.00 bits per heavy atom. The molecule has 0 atom stereocenters. The number of fused-ring (bicyclic) bond motifs is 1. The van der Waals surface area contributed by atoms with E-state index in [0.717, 1.165) is 0 Å². The Bertz CT molecular complexity index is 841. The Kier molecular flexibility index (Phi) is 4.17. The van der Waals surface area contributed by atoms with Crippen LogP contribution in [0.5, 0.6) is 0 Å². The number of hydrogen-bond acceptors (Lipinski definition) is 5. The van der Waals surface area contributed by atoms with Crippen LogP contribution in [0.2, 0.25) is 0 Å². The van der Waals surface area contributed by atoms with Crippen LogP contribution in [0.4, 0.5) is 10.5 Å². The summed E-state index contributed by atoms with van der Waals surface area (Å²) >= 11 is 0. The lowest BCUT2D eigenvalue weighted by molar-refractivity contribution is -0.0584. The SMILES string of the molecule is CNC(=O)Nc1ccc(C(=O)ON2C(=O)c3ccccc3C2=O)cc1. The predicted molar refractivity (Wildman–Crippen MR) is 86.9 cm³/mol. The van der Waals surface area contributed by atoms with Crippen LogP contribution < -0.4 is 10.6 Å². The zero-order valence-electron chi connectivity index (χ0n) is 13.1. The fraction of sp³-hybridized carbons (Fsp3) is 0.0588. The highest BCUT2D eigenvalue weighted by Crippen LogP contribution is 2.23. The number of carbonyl (C=O) groups is 4. The van der Waals surface area contributed by atoms with E-state index in [0.29, 0.717) is 10.8 Å². The first-order chi connectivity index (χ1) is 12.0. The Balaban J connectivity index is 1.72. The van der Waals surface area contributed by atoms with Gasteiger partial charge >= 0.3 is 12.0 Å². The second-order valence-electron chi connectivity index (χ2n) is 5.11. The Morgan fingerprint density at radius 2 is 1.48 bits per heavy atom. The number of hydroxylamine groups is 2. The average Bonchev–Trinajstić information content (AvgIpc) is 2.87. The van der Waals surface area contributed by atoms with Crippen molar-refractivity contribution in [2.75, 3.05) is 12.4 Å². The van der Waals surface area contributed by atoms with Crippen molar-refractivity contribution in [1.82, 2.24) is 10.4 Å². The highest BCUT2D eigenvalue weighted by Gasteiger charge is 2.38. The summed E-state index contributed by atoms with van der Waals surface area (Å²) in [5.74, 6) is -2.24. The smallest absolute Gasteiger partial charge is 0.341 e. The summed E-state index contributed by atoms with van der Waals surface area (Å²) in [5, 5.41) is 5.38. The number of rotatable bonds is 3. The third kappa shape index (κ3) is 3.05. The molecule has 0 fully saturated rings. The molecule has 0 bridgehead atoms. The van der Waals surface area contributed by atoms with Gasteiger partial charge in [-0.3, -0.25) is 9.59 Å². The first-order valence-electron chi connectivity index (χ1n) is 7.30. The summed E-state index contributed by atoms with van der Waals surface area (Å²) in [7, 11) is 1.48. The number of nitrogens with zero attached hydrogens (tertiary/aromatic N) is 1. The lowest BCUT2D eigenvalue weighted by atomic mass is 10.1. The summed E-state index contributed by atoms with van der Waals surface area (Å²) in [6.07, 6.45) is 0. The van der Waals surface area contributed by atoms with Gasteiger partial charge in [-0.2, -0.15) is 0 Å². The molecule has 8 nitrogen and oxygen atoms in total. The molecular weight excluding hydrogens is 326 g/mol. The molecule has 0 radical (unpaired) electrons. The molecule has 4 amide bonds. The van der Waals surface area contributed by atoms with Gasteiger partial charge in [0.1, 0.15) is 0 Å². The molecule has 2 N–H and O–H groups in total. The van der Waals surface area contributed by atoms with E-state index in [2.05, 4.69) is 10.6 Å². The molecule has 0 saturated heterocycles. The van der Waals surface area contributed by atoms with E-state index in [1.54, 1.807) is 12.1 Å². The van der Waals surface area contributed by atoms with E-state index in [4.69, 9.17) is 4.84 Å². The van der Waals surface area contributed by atoms with Crippen LogP contribution in [-0.2, 0) is 4.84 Å². The fourth-order valence-corrected chi connectivity index (χ4v) is 2.27. The van der Waals surface area contributed by atoms with Crippen LogP contribution in [-0.4, -0.2) is 35.9 Å². The molecule has 1 aliphatic rings. The van der Waals surface area contributed by atoms with Gasteiger partial charge in [-0.1, -0.05) is 17.2 Å². The van der Waals surface area contributed by atoms with Crippen molar-refractivity contribution in [3.8, 4) is 0 Å². The number of carbonyl (C=O) groups excluding carboxylic acids is 4. The van der Waals surface area contributed by atoms with E-state index in [9.17, 15) is 19.2 Å². The molecule has 25 heavy (non-hydrogen) atoms. The van der Waals surface area contributed by atoms with E-state index < -0.39 is 23.8 Å². The zero-order valence-corrected chi connectivity index (χ0v) is 13.1. The van der Waals surface area contributed by atoms with Crippen LogP contribution in [0.25, 0.3) is 0 Å². The number of amides is 4. The number of imide groups is 1. The minimum Gasteiger partial charge on any atom is -0.341 e. The molecule has 0 unspecified atom stereocenters. The molecule has 1 heterocycles. The fourth-order valence-electron chi connectivity index (χ4n) is 2.27. The quantitative estimate of drug-likeness (QED) is 0.830. The van der Waals surface area contributed by atoms with Crippen molar-refractivity contribution in [1.29, 1.82) is 0 Å². The highest BCUT2D eigenvalue weighted by atomic mass is 16.7. The summed E-state index contributed by atoms with van der Waals surface area (Å²) in [6, 6.07) is 11.6. The third-order valence-electron chi connectivity index (χ3n) is 3.54. The molecule has 3 rings (SSSR count). The predicted octanol–water partition coefficient (Wildman–Crippen LogP) is 1.81. The van der Waals surface area contributed by atoms with Gasteiger partial charge in [0.05, 0.1) is 16.7 Å². The molecule has 8 heteroatoms. The first kappa shape index (κ1) is 16.2. The number of hydrogen-bond donors (Lipinski definition) is 2. The van der Waals surface area contributed by atoms with Crippen LogP contribution in [0.1, 0.15) is 31.1 Å². The van der Waals surface area contributed by atoms with Crippen molar-refractivity contribution < 1.29 is 24.0 Å². The van der Waals surface area contributed by atoms with Crippen LogP contribution >= 0.6 is 0 Å². The second kappa shape index (κ2) is 6.44. The van der Waals surface area contributed by atoms with Crippen molar-refractivity contribution in [2.24, 2.45) is 0 Å². The second-order valence-corrected chi connectivity index (χ2v) is 5.11. The Hall–Kier alpha value is -3.68. The maximum atomic E-state index is 12.2. The average molecular weight is 339 g/mol. The lowest BCUT2D eigenvalue weighted by Crippen LogP contribution is -2.32. The molecule has 0 aliphatic carbocycles. The van der Waals surface area contributed by atoms with Crippen molar-refractivity contribution >= 4 is 29.5 Å². The number of benzene rings is 2. The van der Waals surface area contributed by atoms with Gasteiger partial charge in [0.15, 0.2) is 0 Å². The summed E-state index contributed by atoms with van der Waals surface area (Å²) < 4.78 is 0. The van der Waals surface area contributed by atoms with Crippen LogP contribution in [0.15, 0.2) is 48.5 Å². The highest BCUT2D eigenvalue weighted by molar-refractivity contribution is 6.21. The molecule has 0 aromatic heterocycles. The molecule has 0 saturated carbocycles. The van der Waals surface area contributed by atoms with E-state index in [1.165, 1.54) is 43.4 Å². The van der Waals surface area contributed by atoms with E-state index in [-0.39, 0.29) is 16.7 Å². The minimum atomic E-state index is -0.860. The number of anilines is 1. The lowest BCUT2D eigenvalue weighted by Gasteiger charge is -2.13. The Morgan fingerprint density at radius 1 is 0.920 bits per heavy atom. The molecule has 2 aromatic carbocycles. The maximum Gasteiger partial charge on any atom is 0.363 e. The number of urea groups is 1. The molecule has 1 aliphatic heterocycles. The third-order valence-corrected chi connectivity index (χ3v) is 3.54. The summed E-state index contributed by atoms with van der Waals surface area (Å²) in [4.78, 5) is 52.6. The van der Waals surface area contributed by atoms with Gasteiger partial charge in [0, 0.05) is 12.7 Å². The maximum absolute atomic E-state index is 12.2. The topological polar surface area (TPSA) is 105 Å². The monoisotopic (exact) mass is 339 g/mol. The van der Waals surface area contributed by atoms with E-state index in [1.807, 2.05) is 0 Å². The standard InChI is InChI=1S/C17H13N3O5/c1-18-17(24)19-11-8-6-10(7-9-11)16(23)25-20-14(21)12-4-2-3-5-13(12)15(20)22/h2-9H,1H3,(H2,18,19,24). The summed E-state index contributed by atoms with van der Waals surface area (Å²) in [6.45, 7) is 0. The number of nitrogens with one attached hydrogen (secondary N) is 2. The molecule has 2 aromatic rings.